The summed E-state index contributed by atoms with van der Waals surface area (Å²) >= 11 is 0. The summed E-state index contributed by atoms with van der Waals surface area (Å²) in [5.74, 6) is 1.22. The highest BCUT2D eigenvalue weighted by Crippen LogP contribution is 2.24. The van der Waals surface area contributed by atoms with Gasteiger partial charge in [-0.25, -0.2) is 0 Å². The highest BCUT2D eigenvalue weighted by molar-refractivity contribution is 5.29. The Balaban J connectivity index is 2.45. The van der Waals surface area contributed by atoms with Crippen LogP contribution in [0.3, 0.4) is 0 Å². The first-order valence-corrected chi connectivity index (χ1v) is 8.24. The Bertz CT molecular complexity index is 377. The van der Waals surface area contributed by atoms with E-state index in [-0.39, 0.29) is 6.04 Å². The topological polar surface area (TPSA) is 55.5 Å². The maximum Gasteiger partial charge on any atom is 0.119 e. The Hall–Kier alpha value is -1.06. The largest absolute Gasteiger partial charge is 0.494 e. The lowest BCUT2D eigenvalue weighted by atomic mass is 9.92. The number of unbranched alkanes of at least 4 members (excludes halogenated alkanes) is 2. The molecule has 1 aromatic rings. The first-order valence-electron chi connectivity index (χ1n) is 8.24. The summed E-state index contributed by atoms with van der Waals surface area (Å²) in [6.07, 6.45) is 4.60. The summed E-state index contributed by atoms with van der Waals surface area (Å²) in [7, 11) is 0. The van der Waals surface area contributed by atoms with Gasteiger partial charge in [-0.15, -0.1) is 0 Å². The molecule has 0 fully saturated rings. The molecule has 0 radical (unpaired) electrons. The van der Waals surface area contributed by atoms with Crippen molar-refractivity contribution in [3.8, 4) is 5.75 Å². The van der Waals surface area contributed by atoms with Crippen molar-refractivity contribution in [1.82, 2.24) is 0 Å². The highest BCUT2D eigenvalue weighted by atomic mass is 16.5. The second-order valence-electron chi connectivity index (χ2n) is 5.90. The number of aliphatic hydroxyl groups excluding tert-OH is 1. The van der Waals surface area contributed by atoms with Crippen LogP contribution in [0.15, 0.2) is 24.3 Å². The molecule has 1 rings (SSSR count). The monoisotopic (exact) mass is 293 g/mol. The van der Waals surface area contributed by atoms with Gasteiger partial charge >= 0.3 is 0 Å². The molecule has 0 saturated heterocycles. The minimum atomic E-state index is -0.435. The maximum absolute atomic E-state index is 10.0. The van der Waals surface area contributed by atoms with Crippen molar-refractivity contribution in [2.24, 2.45) is 5.73 Å². The number of hydrogen-bond donors (Lipinski definition) is 2. The number of ether oxygens (including phenoxy) is 1. The summed E-state index contributed by atoms with van der Waals surface area (Å²) in [5, 5.41) is 10.0. The van der Waals surface area contributed by atoms with Gasteiger partial charge in [0, 0.05) is 6.04 Å². The zero-order chi connectivity index (χ0) is 15.7. The average molecular weight is 293 g/mol. The van der Waals surface area contributed by atoms with E-state index < -0.39 is 6.10 Å². The van der Waals surface area contributed by atoms with Gasteiger partial charge in [-0.3, -0.25) is 0 Å². The molecule has 0 aliphatic carbocycles. The fourth-order valence-electron chi connectivity index (χ4n) is 2.38. The third-order valence-electron chi connectivity index (χ3n) is 4.03. The standard InChI is InChI=1S/C18H31NO2/c1-4-6-7-12-21-16-10-8-15(9-11-16)14(3)13-18(20)17(19)5-2/h8-11,14,17-18,20H,4-7,12-13,19H2,1-3H3. The highest BCUT2D eigenvalue weighted by Gasteiger charge is 2.17. The Morgan fingerprint density at radius 2 is 1.81 bits per heavy atom. The van der Waals surface area contributed by atoms with Crippen LogP contribution >= 0.6 is 0 Å². The van der Waals surface area contributed by atoms with Gasteiger partial charge in [0.05, 0.1) is 12.7 Å². The van der Waals surface area contributed by atoms with Crippen molar-refractivity contribution in [3.05, 3.63) is 29.8 Å². The van der Waals surface area contributed by atoms with E-state index in [2.05, 4.69) is 26.0 Å². The van der Waals surface area contributed by atoms with Crippen LogP contribution < -0.4 is 10.5 Å². The lowest BCUT2D eigenvalue weighted by Gasteiger charge is -2.21. The lowest BCUT2D eigenvalue weighted by molar-refractivity contribution is 0.126. The van der Waals surface area contributed by atoms with E-state index in [1.807, 2.05) is 19.1 Å². The summed E-state index contributed by atoms with van der Waals surface area (Å²) in [5.41, 5.74) is 7.10. The first kappa shape index (κ1) is 18.0. The van der Waals surface area contributed by atoms with Gasteiger partial charge in [0.15, 0.2) is 0 Å². The number of benzene rings is 1. The Morgan fingerprint density at radius 3 is 2.38 bits per heavy atom. The summed E-state index contributed by atoms with van der Waals surface area (Å²) in [6, 6.07) is 8.08. The molecule has 0 aromatic heterocycles. The third-order valence-corrected chi connectivity index (χ3v) is 4.03. The molecule has 0 aliphatic heterocycles. The number of hydrogen-bond acceptors (Lipinski definition) is 3. The van der Waals surface area contributed by atoms with Crippen LogP contribution in [-0.2, 0) is 0 Å². The van der Waals surface area contributed by atoms with Crippen LogP contribution in [0.2, 0.25) is 0 Å². The minimum absolute atomic E-state index is 0.131. The second kappa shape index (κ2) is 9.80. The predicted molar refractivity (Wildman–Crippen MR) is 88.8 cm³/mol. The summed E-state index contributed by atoms with van der Waals surface area (Å²) in [6.45, 7) is 7.10. The molecule has 0 aliphatic rings. The van der Waals surface area contributed by atoms with Crippen LogP contribution in [0.4, 0.5) is 0 Å². The van der Waals surface area contributed by atoms with Crippen molar-refractivity contribution >= 4 is 0 Å². The van der Waals surface area contributed by atoms with E-state index in [9.17, 15) is 5.11 Å². The van der Waals surface area contributed by atoms with Gasteiger partial charge in [0.2, 0.25) is 0 Å². The number of rotatable bonds is 10. The molecule has 3 nitrogen and oxygen atoms in total. The molecule has 3 N–H and O–H groups in total. The number of nitrogens with two attached hydrogens (primary N) is 1. The maximum atomic E-state index is 10.0. The summed E-state index contributed by atoms with van der Waals surface area (Å²) < 4.78 is 5.71. The molecule has 120 valence electrons. The molecule has 3 unspecified atom stereocenters. The second-order valence-corrected chi connectivity index (χ2v) is 5.90. The minimum Gasteiger partial charge on any atom is -0.494 e. The zero-order valence-corrected chi connectivity index (χ0v) is 13.7. The van der Waals surface area contributed by atoms with E-state index in [0.717, 1.165) is 25.2 Å². The average Bonchev–Trinajstić information content (AvgIpc) is 2.51. The van der Waals surface area contributed by atoms with E-state index in [4.69, 9.17) is 10.5 Å². The first-order chi connectivity index (χ1) is 10.1. The molecule has 21 heavy (non-hydrogen) atoms. The van der Waals surface area contributed by atoms with Gasteiger partial charge in [0.25, 0.3) is 0 Å². The van der Waals surface area contributed by atoms with Crippen molar-refractivity contribution in [2.75, 3.05) is 6.61 Å². The molecule has 3 atom stereocenters. The molecular formula is C18H31NO2. The molecule has 0 heterocycles. The molecule has 0 spiro atoms. The Labute approximate surface area is 129 Å². The smallest absolute Gasteiger partial charge is 0.119 e. The quantitative estimate of drug-likeness (QED) is 0.644. The van der Waals surface area contributed by atoms with Gasteiger partial charge in [-0.2, -0.15) is 0 Å². The van der Waals surface area contributed by atoms with Crippen molar-refractivity contribution < 1.29 is 9.84 Å². The SMILES string of the molecule is CCCCCOc1ccc(C(C)CC(O)C(N)CC)cc1. The van der Waals surface area contributed by atoms with Gasteiger partial charge in [-0.05, 0) is 42.9 Å². The zero-order valence-electron chi connectivity index (χ0n) is 13.7. The normalized spacial score (nSPS) is 15.5. The molecule has 1 aromatic carbocycles. The summed E-state index contributed by atoms with van der Waals surface area (Å²) in [4.78, 5) is 0. The van der Waals surface area contributed by atoms with Gasteiger partial charge < -0.3 is 15.6 Å². The Kier molecular flexibility index (Phi) is 8.40. The van der Waals surface area contributed by atoms with Crippen molar-refractivity contribution in [1.29, 1.82) is 0 Å². The number of aliphatic hydroxyl groups is 1. The van der Waals surface area contributed by atoms with Crippen molar-refractivity contribution in [2.45, 2.75) is 70.9 Å². The van der Waals surface area contributed by atoms with E-state index in [1.165, 1.54) is 18.4 Å². The molecule has 0 saturated carbocycles. The van der Waals surface area contributed by atoms with Gasteiger partial charge in [0.1, 0.15) is 5.75 Å². The fourth-order valence-corrected chi connectivity index (χ4v) is 2.38. The third kappa shape index (κ3) is 6.49. The van der Waals surface area contributed by atoms with E-state index in [1.54, 1.807) is 0 Å². The molecule has 0 amide bonds. The molecular weight excluding hydrogens is 262 g/mol. The van der Waals surface area contributed by atoms with Crippen LogP contribution in [-0.4, -0.2) is 23.9 Å². The molecule has 0 bridgehead atoms. The van der Waals surface area contributed by atoms with E-state index >= 15 is 0 Å². The lowest BCUT2D eigenvalue weighted by Crippen LogP contribution is -2.34. The molecule has 3 heteroatoms. The van der Waals surface area contributed by atoms with Gasteiger partial charge in [-0.1, -0.05) is 45.7 Å². The van der Waals surface area contributed by atoms with Crippen LogP contribution in [0.1, 0.15) is 64.4 Å². The van der Waals surface area contributed by atoms with Crippen LogP contribution in [0.5, 0.6) is 5.75 Å². The fraction of sp³-hybridized carbons (Fsp3) is 0.667. The predicted octanol–water partition coefficient (Wildman–Crippen LogP) is 3.85. The van der Waals surface area contributed by atoms with Crippen LogP contribution in [0.25, 0.3) is 0 Å². The Morgan fingerprint density at radius 1 is 1.14 bits per heavy atom. The van der Waals surface area contributed by atoms with E-state index in [0.29, 0.717) is 12.3 Å². The van der Waals surface area contributed by atoms with Crippen molar-refractivity contribution in [3.63, 3.8) is 0 Å². The van der Waals surface area contributed by atoms with Crippen LogP contribution in [0, 0.1) is 0 Å².